The highest BCUT2D eigenvalue weighted by Gasteiger charge is 2.13. The summed E-state index contributed by atoms with van der Waals surface area (Å²) >= 11 is 1.21. The predicted molar refractivity (Wildman–Crippen MR) is 111 cm³/mol. The smallest absolute Gasteiger partial charge is 0.331 e. The van der Waals surface area contributed by atoms with Gasteiger partial charge in [0.2, 0.25) is 0 Å². The van der Waals surface area contributed by atoms with Crippen molar-refractivity contribution in [1.82, 2.24) is 9.78 Å². The lowest BCUT2D eigenvalue weighted by Crippen LogP contribution is -2.20. The van der Waals surface area contributed by atoms with E-state index in [-0.39, 0.29) is 5.82 Å². The minimum atomic E-state index is -0.690. The van der Waals surface area contributed by atoms with E-state index in [1.165, 1.54) is 29.5 Å². The standard InChI is InChI=1S/C21H17FN4O3S/c1-13-18(14(2)26(25-13)17-5-3-16(22)4-6-17)7-8-20(28)29-12-19(27)24-21-15(11-23)9-10-30-21/h3-10H,12H2,1-2H3,(H,24,27). The van der Waals surface area contributed by atoms with Gasteiger partial charge in [-0.15, -0.1) is 11.3 Å². The molecule has 0 unspecified atom stereocenters. The molecule has 0 aliphatic rings. The number of aryl methyl sites for hydroxylation is 1. The van der Waals surface area contributed by atoms with Crippen molar-refractivity contribution in [2.24, 2.45) is 0 Å². The second kappa shape index (κ2) is 9.15. The molecule has 0 fully saturated rings. The lowest BCUT2D eigenvalue weighted by molar-refractivity contribution is -0.142. The number of carbonyl (C=O) groups excluding carboxylic acids is 2. The summed E-state index contributed by atoms with van der Waals surface area (Å²) in [6, 6.07) is 9.47. The van der Waals surface area contributed by atoms with Crippen LogP contribution in [0.5, 0.6) is 0 Å². The molecule has 2 aromatic heterocycles. The highest BCUT2D eigenvalue weighted by Crippen LogP contribution is 2.22. The van der Waals surface area contributed by atoms with E-state index >= 15 is 0 Å². The van der Waals surface area contributed by atoms with Crippen LogP contribution in [0, 0.1) is 31.0 Å². The second-order valence-electron chi connectivity index (χ2n) is 6.24. The summed E-state index contributed by atoms with van der Waals surface area (Å²) in [5.74, 6) is -1.56. The summed E-state index contributed by atoms with van der Waals surface area (Å²) in [5.41, 5.74) is 3.21. The molecule has 2 heterocycles. The number of ether oxygens (including phenoxy) is 1. The SMILES string of the molecule is Cc1nn(-c2ccc(F)cc2)c(C)c1C=CC(=O)OCC(=O)Nc1sccc1C#N. The zero-order valence-electron chi connectivity index (χ0n) is 16.2. The number of halogens is 1. The number of nitrogens with one attached hydrogen (secondary N) is 1. The Kier molecular flexibility index (Phi) is 6.39. The summed E-state index contributed by atoms with van der Waals surface area (Å²) < 4.78 is 19.7. The van der Waals surface area contributed by atoms with Crippen LogP contribution in [0.4, 0.5) is 9.39 Å². The van der Waals surface area contributed by atoms with Crippen molar-refractivity contribution >= 4 is 34.3 Å². The van der Waals surface area contributed by atoms with Gasteiger partial charge in [-0.2, -0.15) is 10.4 Å². The van der Waals surface area contributed by atoms with Gasteiger partial charge in [-0.1, -0.05) is 0 Å². The number of aromatic nitrogens is 2. The normalized spacial score (nSPS) is 10.7. The highest BCUT2D eigenvalue weighted by molar-refractivity contribution is 7.14. The Labute approximate surface area is 176 Å². The summed E-state index contributed by atoms with van der Waals surface area (Å²) in [6.07, 6.45) is 2.77. The molecule has 0 aliphatic heterocycles. The average molecular weight is 424 g/mol. The number of benzene rings is 1. The minimum Gasteiger partial charge on any atom is -0.452 e. The Bertz CT molecular complexity index is 1160. The molecule has 3 rings (SSSR count). The van der Waals surface area contributed by atoms with E-state index in [4.69, 9.17) is 10.00 Å². The zero-order chi connectivity index (χ0) is 21.7. The van der Waals surface area contributed by atoms with Crippen molar-refractivity contribution < 1.29 is 18.7 Å². The van der Waals surface area contributed by atoms with Crippen molar-refractivity contribution in [3.63, 3.8) is 0 Å². The number of nitrogens with zero attached hydrogens (tertiary/aromatic N) is 3. The van der Waals surface area contributed by atoms with Crippen LogP contribution in [0.1, 0.15) is 22.5 Å². The maximum atomic E-state index is 13.1. The molecule has 0 atom stereocenters. The van der Waals surface area contributed by atoms with Gasteiger partial charge in [-0.25, -0.2) is 13.9 Å². The Morgan fingerprint density at radius 2 is 2.03 bits per heavy atom. The summed E-state index contributed by atoms with van der Waals surface area (Å²) in [6.45, 7) is 3.15. The van der Waals surface area contributed by atoms with Crippen LogP contribution < -0.4 is 5.32 Å². The van der Waals surface area contributed by atoms with Crippen LogP contribution in [-0.2, 0) is 14.3 Å². The molecule has 9 heteroatoms. The van der Waals surface area contributed by atoms with Crippen molar-refractivity contribution in [3.05, 3.63) is 70.1 Å². The summed E-state index contributed by atoms with van der Waals surface area (Å²) in [7, 11) is 0. The van der Waals surface area contributed by atoms with E-state index in [0.29, 0.717) is 21.9 Å². The number of nitriles is 1. The first-order valence-corrected chi connectivity index (χ1v) is 9.71. The van der Waals surface area contributed by atoms with E-state index < -0.39 is 18.5 Å². The predicted octanol–water partition coefficient (Wildman–Crippen LogP) is 3.76. The van der Waals surface area contributed by atoms with Crippen LogP contribution >= 0.6 is 11.3 Å². The number of rotatable bonds is 6. The fourth-order valence-corrected chi connectivity index (χ4v) is 3.48. The van der Waals surface area contributed by atoms with Crippen LogP contribution in [0.3, 0.4) is 0 Å². The van der Waals surface area contributed by atoms with Gasteiger partial charge in [0.05, 0.1) is 16.9 Å². The first-order valence-electron chi connectivity index (χ1n) is 8.83. The van der Waals surface area contributed by atoms with E-state index in [9.17, 15) is 14.0 Å². The molecule has 1 amide bonds. The van der Waals surface area contributed by atoms with Gasteiger partial charge in [-0.3, -0.25) is 4.79 Å². The Morgan fingerprint density at radius 3 is 2.73 bits per heavy atom. The van der Waals surface area contributed by atoms with Crippen LogP contribution in [0.2, 0.25) is 0 Å². The molecule has 3 aromatic rings. The van der Waals surface area contributed by atoms with Crippen molar-refractivity contribution in [2.75, 3.05) is 11.9 Å². The number of thiophene rings is 1. The monoisotopic (exact) mass is 424 g/mol. The highest BCUT2D eigenvalue weighted by atomic mass is 32.1. The number of carbonyl (C=O) groups is 2. The molecule has 1 N–H and O–H groups in total. The average Bonchev–Trinajstić information content (AvgIpc) is 3.29. The largest absolute Gasteiger partial charge is 0.452 e. The van der Waals surface area contributed by atoms with E-state index in [0.717, 1.165) is 11.3 Å². The molecular formula is C21H17FN4O3S. The molecule has 0 saturated heterocycles. The quantitative estimate of drug-likeness (QED) is 0.480. The topological polar surface area (TPSA) is 97.0 Å². The molecule has 152 valence electrons. The fraction of sp³-hybridized carbons (Fsp3) is 0.143. The Balaban J connectivity index is 1.61. The maximum absolute atomic E-state index is 13.1. The number of anilines is 1. The van der Waals surface area contributed by atoms with Crippen LogP contribution in [0.15, 0.2) is 41.8 Å². The minimum absolute atomic E-state index is 0.338. The lowest BCUT2D eigenvalue weighted by atomic mass is 10.2. The molecule has 0 bridgehead atoms. The van der Waals surface area contributed by atoms with Gasteiger partial charge in [-0.05, 0) is 55.6 Å². The molecule has 0 aliphatic carbocycles. The van der Waals surface area contributed by atoms with Crippen molar-refractivity contribution in [2.45, 2.75) is 13.8 Å². The molecule has 0 saturated carbocycles. The summed E-state index contributed by atoms with van der Waals surface area (Å²) in [5, 5.41) is 18.0. The first kappa shape index (κ1) is 21.0. The molecule has 0 spiro atoms. The fourth-order valence-electron chi connectivity index (χ4n) is 2.72. The third-order valence-corrected chi connectivity index (χ3v) is 5.02. The van der Waals surface area contributed by atoms with E-state index in [1.807, 2.05) is 13.0 Å². The molecule has 1 aromatic carbocycles. The third-order valence-electron chi connectivity index (χ3n) is 4.19. The van der Waals surface area contributed by atoms with Crippen molar-refractivity contribution in [1.29, 1.82) is 5.26 Å². The molecule has 7 nitrogen and oxygen atoms in total. The maximum Gasteiger partial charge on any atom is 0.331 e. The number of esters is 1. The van der Waals surface area contributed by atoms with Crippen LogP contribution in [-0.4, -0.2) is 28.3 Å². The third kappa shape index (κ3) is 4.79. The Morgan fingerprint density at radius 1 is 1.30 bits per heavy atom. The number of hydrogen-bond donors (Lipinski definition) is 1. The summed E-state index contributed by atoms with van der Waals surface area (Å²) in [4.78, 5) is 23.9. The molecule has 0 radical (unpaired) electrons. The van der Waals surface area contributed by atoms with E-state index in [1.54, 1.807) is 41.3 Å². The number of amides is 1. The second-order valence-corrected chi connectivity index (χ2v) is 7.15. The van der Waals surface area contributed by atoms with Gasteiger partial charge in [0, 0.05) is 17.3 Å². The van der Waals surface area contributed by atoms with Gasteiger partial charge in [0.15, 0.2) is 6.61 Å². The molecule has 30 heavy (non-hydrogen) atoms. The van der Waals surface area contributed by atoms with Gasteiger partial charge in [0.25, 0.3) is 5.91 Å². The van der Waals surface area contributed by atoms with Gasteiger partial charge in [0.1, 0.15) is 16.9 Å². The van der Waals surface area contributed by atoms with Gasteiger partial charge < -0.3 is 10.1 Å². The van der Waals surface area contributed by atoms with E-state index in [2.05, 4.69) is 10.4 Å². The van der Waals surface area contributed by atoms with Crippen molar-refractivity contribution in [3.8, 4) is 11.8 Å². The number of hydrogen-bond acceptors (Lipinski definition) is 6. The lowest BCUT2D eigenvalue weighted by Gasteiger charge is -2.04. The zero-order valence-corrected chi connectivity index (χ0v) is 17.0. The van der Waals surface area contributed by atoms with Gasteiger partial charge >= 0.3 is 5.97 Å². The molecular weight excluding hydrogens is 407 g/mol. The van der Waals surface area contributed by atoms with Crippen LogP contribution in [0.25, 0.3) is 11.8 Å². The Hall–Kier alpha value is -3.77. The first-order chi connectivity index (χ1) is 14.4.